The Morgan fingerprint density at radius 1 is 1.17 bits per heavy atom. The molecule has 0 aliphatic carbocycles. The van der Waals surface area contributed by atoms with Crippen LogP contribution < -0.4 is 4.46 Å². The van der Waals surface area contributed by atoms with Crippen molar-refractivity contribution in [2.75, 3.05) is 0 Å². The summed E-state index contributed by atoms with van der Waals surface area (Å²) in [5, 5.41) is 4.00. The van der Waals surface area contributed by atoms with Crippen molar-refractivity contribution in [3.63, 3.8) is 0 Å². The molecule has 0 radical (unpaired) electrons. The molecule has 0 spiro atoms. The second-order valence-electron chi connectivity index (χ2n) is 4.44. The molecular weight excluding hydrogens is 351 g/mol. The third-order valence-corrected chi connectivity index (χ3v) is 6.71. The van der Waals surface area contributed by atoms with Crippen LogP contribution in [0.5, 0.6) is 0 Å². The van der Waals surface area contributed by atoms with E-state index in [1.54, 1.807) is 10.0 Å². The molecule has 96 valence electrons. The van der Waals surface area contributed by atoms with E-state index in [0.29, 0.717) is 15.0 Å². The van der Waals surface area contributed by atoms with Crippen molar-refractivity contribution in [3.05, 3.63) is 40.4 Å². The number of unbranched alkanes of at least 4 members (excludes halogenated alkanes) is 1. The molecule has 0 saturated heterocycles. The maximum absolute atomic E-state index is 3.84. The zero-order valence-corrected chi connectivity index (χ0v) is 14.3. The van der Waals surface area contributed by atoms with Gasteiger partial charge in [0, 0.05) is 0 Å². The van der Waals surface area contributed by atoms with Gasteiger partial charge in [0.25, 0.3) is 0 Å². The van der Waals surface area contributed by atoms with E-state index in [2.05, 4.69) is 60.1 Å². The molecule has 0 unspecified atom stereocenters. The summed E-state index contributed by atoms with van der Waals surface area (Å²) >= 11 is 4.43. The number of fused-ring (bicyclic) bond motifs is 1. The fraction of sp³-hybridized carbons (Fsp3) is 0.375. The fourth-order valence-electron chi connectivity index (χ4n) is 2.19. The van der Waals surface area contributed by atoms with E-state index in [1.165, 1.54) is 39.8 Å². The van der Waals surface area contributed by atoms with Crippen LogP contribution in [-0.4, -0.2) is 15.0 Å². The third-order valence-electron chi connectivity index (χ3n) is 3.11. The zero-order chi connectivity index (χ0) is 13.0. The Hall–Kier alpha value is -0.301. The first kappa shape index (κ1) is 14.1. The summed E-state index contributed by atoms with van der Waals surface area (Å²) in [6, 6.07) is 11.1. The number of halogens is 1. The molecule has 18 heavy (non-hydrogen) atoms. The molecule has 0 saturated carbocycles. The van der Waals surface area contributed by atoms with Crippen molar-refractivity contribution in [3.8, 4) is 0 Å². The topological polar surface area (TPSA) is 0 Å². The zero-order valence-electron chi connectivity index (χ0n) is 11.0. The van der Waals surface area contributed by atoms with Gasteiger partial charge < -0.3 is 0 Å². The number of hydrogen-bond acceptors (Lipinski definition) is 0. The minimum absolute atomic E-state index is 0.589. The number of aryl methyl sites for hydroxylation is 1. The predicted octanol–water partition coefficient (Wildman–Crippen LogP) is 4.71. The third kappa shape index (κ3) is 2.99. The van der Waals surface area contributed by atoms with Crippen molar-refractivity contribution in [2.24, 2.45) is 0 Å². The average Bonchev–Trinajstić information content (AvgIpc) is 2.40. The Bertz CT molecular complexity index is 534. The summed E-state index contributed by atoms with van der Waals surface area (Å²) in [5.74, 6) is 0. The summed E-state index contributed by atoms with van der Waals surface area (Å²) in [4.78, 5) is 0. The molecule has 0 N–H and O–H groups in total. The number of rotatable bonds is 5. The van der Waals surface area contributed by atoms with Gasteiger partial charge in [0.1, 0.15) is 0 Å². The molecule has 2 rings (SSSR count). The van der Waals surface area contributed by atoms with Crippen LogP contribution in [0.15, 0.2) is 34.8 Å². The van der Waals surface area contributed by atoms with Gasteiger partial charge in [-0.2, -0.15) is 0 Å². The first-order valence-electron chi connectivity index (χ1n) is 6.60. The van der Waals surface area contributed by atoms with E-state index in [0.717, 1.165) is 0 Å². The van der Waals surface area contributed by atoms with Gasteiger partial charge >= 0.3 is 125 Å². The second-order valence-corrected chi connectivity index (χ2v) is 7.90. The number of benzene rings is 2. The van der Waals surface area contributed by atoms with Gasteiger partial charge in [-0.05, 0) is 0 Å². The molecular formula is C16H19BrSe. The average molecular weight is 370 g/mol. The Kier molecular flexibility index (Phi) is 5.29. The van der Waals surface area contributed by atoms with Crippen LogP contribution in [-0.2, 0) is 6.42 Å². The van der Waals surface area contributed by atoms with E-state index < -0.39 is 0 Å². The van der Waals surface area contributed by atoms with Crippen LogP contribution in [0.3, 0.4) is 0 Å². The molecule has 0 aliphatic heterocycles. The van der Waals surface area contributed by atoms with Gasteiger partial charge in [0.2, 0.25) is 0 Å². The van der Waals surface area contributed by atoms with Gasteiger partial charge in [0.15, 0.2) is 0 Å². The molecule has 0 atom stereocenters. The Morgan fingerprint density at radius 2 is 1.94 bits per heavy atom. The normalized spacial score (nSPS) is 11.1. The molecule has 2 aromatic rings. The number of hydrogen-bond donors (Lipinski definition) is 0. The molecule has 0 heterocycles. The maximum atomic E-state index is 3.84. The molecule has 2 heteroatoms. The van der Waals surface area contributed by atoms with Gasteiger partial charge in [0.05, 0.1) is 0 Å². The quantitative estimate of drug-likeness (QED) is 0.669. The Morgan fingerprint density at radius 3 is 2.67 bits per heavy atom. The van der Waals surface area contributed by atoms with Crippen LogP contribution >= 0.6 is 15.9 Å². The van der Waals surface area contributed by atoms with E-state index in [-0.39, 0.29) is 0 Å². The first-order valence-corrected chi connectivity index (χ1v) is 9.47. The Labute approximate surface area is 124 Å². The van der Waals surface area contributed by atoms with Crippen molar-refractivity contribution < 1.29 is 0 Å². The van der Waals surface area contributed by atoms with Crippen molar-refractivity contribution in [1.29, 1.82) is 0 Å². The summed E-state index contributed by atoms with van der Waals surface area (Å²) in [6.07, 6.45) is 3.78. The van der Waals surface area contributed by atoms with E-state index in [9.17, 15) is 0 Å². The molecule has 0 nitrogen and oxygen atoms in total. The SMILES string of the molecule is CCCCc1cc2ccccc2c(Br)c1[Se]CC. The summed E-state index contributed by atoms with van der Waals surface area (Å²) in [5.41, 5.74) is 1.56. The summed E-state index contributed by atoms with van der Waals surface area (Å²) < 4.78 is 2.92. The van der Waals surface area contributed by atoms with E-state index >= 15 is 0 Å². The van der Waals surface area contributed by atoms with E-state index in [1.807, 2.05) is 0 Å². The standard InChI is InChI=1S/C16H19BrSe/c1-3-5-8-13-11-12-9-6-7-10-14(12)15(17)16(13)18-4-2/h6-7,9-11H,3-5,8H2,1-2H3. The van der Waals surface area contributed by atoms with Crippen LogP contribution in [0.1, 0.15) is 32.3 Å². The minimum atomic E-state index is 0.589. The second kappa shape index (κ2) is 6.75. The fourth-order valence-corrected chi connectivity index (χ4v) is 5.23. The van der Waals surface area contributed by atoms with Gasteiger partial charge in [-0.25, -0.2) is 0 Å². The van der Waals surface area contributed by atoms with Crippen LogP contribution in [0.25, 0.3) is 10.8 Å². The monoisotopic (exact) mass is 370 g/mol. The van der Waals surface area contributed by atoms with Crippen molar-refractivity contribution in [2.45, 2.75) is 38.4 Å². The van der Waals surface area contributed by atoms with Gasteiger partial charge in [-0.15, -0.1) is 0 Å². The Balaban J connectivity index is 2.55. The van der Waals surface area contributed by atoms with Crippen LogP contribution in [0.2, 0.25) is 5.32 Å². The van der Waals surface area contributed by atoms with Gasteiger partial charge in [-0.3, -0.25) is 0 Å². The summed E-state index contributed by atoms with van der Waals surface area (Å²) in [7, 11) is 0. The molecule has 0 aliphatic rings. The van der Waals surface area contributed by atoms with Crippen LogP contribution in [0.4, 0.5) is 0 Å². The van der Waals surface area contributed by atoms with Crippen LogP contribution in [0, 0.1) is 0 Å². The first-order chi connectivity index (χ1) is 8.77. The van der Waals surface area contributed by atoms with Crippen molar-refractivity contribution in [1.82, 2.24) is 0 Å². The molecule has 0 aromatic heterocycles. The summed E-state index contributed by atoms with van der Waals surface area (Å²) in [6.45, 7) is 4.55. The predicted molar refractivity (Wildman–Crippen MR) is 86.1 cm³/mol. The van der Waals surface area contributed by atoms with Crippen molar-refractivity contribution >= 4 is 46.1 Å². The molecule has 0 bridgehead atoms. The van der Waals surface area contributed by atoms with E-state index in [4.69, 9.17) is 0 Å². The molecule has 0 fully saturated rings. The molecule has 0 amide bonds. The molecule has 2 aromatic carbocycles. The van der Waals surface area contributed by atoms with Gasteiger partial charge in [-0.1, -0.05) is 0 Å².